The normalized spacial score (nSPS) is 13.9. The number of carbonyl (C=O) groups excluding carboxylic acids is 1. The van der Waals surface area contributed by atoms with Gasteiger partial charge in [-0.25, -0.2) is 0 Å². The lowest BCUT2D eigenvalue weighted by molar-refractivity contribution is -0.123. The summed E-state index contributed by atoms with van der Waals surface area (Å²) in [5, 5.41) is 2.97. The second kappa shape index (κ2) is 7.90. The van der Waals surface area contributed by atoms with Crippen molar-refractivity contribution in [3.05, 3.63) is 29.8 Å². The summed E-state index contributed by atoms with van der Waals surface area (Å²) in [7, 11) is 1.65. The summed E-state index contributed by atoms with van der Waals surface area (Å²) >= 11 is 0. The number of methoxy groups -OCH3 is 1. The molecule has 0 aliphatic heterocycles. The summed E-state index contributed by atoms with van der Waals surface area (Å²) in [4.78, 5) is 12.0. The smallest absolute Gasteiger partial charge is 0.237 e. The Morgan fingerprint density at radius 2 is 1.95 bits per heavy atom. The summed E-state index contributed by atoms with van der Waals surface area (Å²) < 4.78 is 5.31. The maximum Gasteiger partial charge on any atom is 0.237 e. The lowest BCUT2D eigenvalue weighted by Crippen LogP contribution is -2.45. The highest BCUT2D eigenvalue weighted by atomic mass is 16.5. The van der Waals surface area contributed by atoms with Crippen LogP contribution in [0, 0.1) is 5.92 Å². The van der Waals surface area contributed by atoms with Gasteiger partial charge in [-0.2, -0.15) is 0 Å². The van der Waals surface area contributed by atoms with Crippen LogP contribution in [0.5, 0.6) is 5.75 Å². The van der Waals surface area contributed by atoms with Gasteiger partial charge in [0.05, 0.1) is 13.2 Å². The van der Waals surface area contributed by atoms with Crippen molar-refractivity contribution in [1.29, 1.82) is 0 Å². The average molecular weight is 278 g/mol. The van der Waals surface area contributed by atoms with Crippen molar-refractivity contribution in [2.75, 3.05) is 7.11 Å². The van der Waals surface area contributed by atoms with Gasteiger partial charge in [-0.15, -0.1) is 0 Å². The van der Waals surface area contributed by atoms with E-state index >= 15 is 0 Å². The molecular weight excluding hydrogens is 252 g/mol. The third kappa shape index (κ3) is 5.21. The minimum atomic E-state index is -0.435. The number of ether oxygens (including phenoxy) is 1. The Labute approximate surface area is 121 Å². The van der Waals surface area contributed by atoms with Gasteiger partial charge in [0.15, 0.2) is 0 Å². The van der Waals surface area contributed by atoms with E-state index in [2.05, 4.69) is 19.2 Å². The van der Waals surface area contributed by atoms with Crippen molar-refractivity contribution in [1.82, 2.24) is 5.32 Å². The molecular formula is C16H26N2O2. The van der Waals surface area contributed by atoms with E-state index in [1.54, 1.807) is 7.11 Å². The van der Waals surface area contributed by atoms with E-state index in [0.29, 0.717) is 12.3 Å². The molecule has 0 saturated heterocycles. The zero-order valence-corrected chi connectivity index (χ0v) is 12.8. The molecule has 112 valence electrons. The van der Waals surface area contributed by atoms with Crippen LogP contribution in [0.3, 0.4) is 0 Å². The van der Waals surface area contributed by atoms with Gasteiger partial charge in [0.1, 0.15) is 5.75 Å². The van der Waals surface area contributed by atoms with E-state index in [1.165, 1.54) is 0 Å². The molecule has 4 nitrogen and oxygen atoms in total. The molecule has 0 bridgehead atoms. The zero-order chi connectivity index (χ0) is 15.1. The standard InChI is InChI=1S/C16H26N2O2/c1-11(2)9-14(17)16(19)18-12(3)10-13-7-5-6-8-15(13)20-4/h5-8,11-12,14H,9-10,17H2,1-4H3,(H,18,19)/t12?,14-/m0/s1. The highest BCUT2D eigenvalue weighted by Gasteiger charge is 2.17. The second-order valence-corrected chi connectivity index (χ2v) is 5.66. The first kappa shape index (κ1) is 16.5. The third-order valence-electron chi connectivity index (χ3n) is 3.17. The molecule has 2 atom stereocenters. The molecule has 0 spiro atoms. The van der Waals surface area contributed by atoms with Crippen LogP contribution in [0.15, 0.2) is 24.3 Å². The first-order chi connectivity index (χ1) is 9.43. The maximum atomic E-state index is 12.0. The van der Waals surface area contributed by atoms with Crippen molar-refractivity contribution in [2.45, 2.75) is 45.7 Å². The summed E-state index contributed by atoms with van der Waals surface area (Å²) in [5.41, 5.74) is 6.96. The quantitative estimate of drug-likeness (QED) is 0.803. The van der Waals surface area contributed by atoms with Crippen LogP contribution in [-0.4, -0.2) is 25.1 Å². The molecule has 4 heteroatoms. The van der Waals surface area contributed by atoms with Crippen molar-refractivity contribution in [3.63, 3.8) is 0 Å². The predicted molar refractivity (Wildman–Crippen MR) is 81.7 cm³/mol. The summed E-state index contributed by atoms with van der Waals surface area (Å²) in [6, 6.07) is 7.43. The number of amides is 1. The van der Waals surface area contributed by atoms with Gasteiger partial charge in [0.2, 0.25) is 5.91 Å². The maximum absolute atomic E-state index is 12.0. The Morgan fingerprint density at radius 1 is 1.30 bits per heavy atom. The van der Waals surface area contributed by atoms with Crippen LogP contribution in [0.4, 0.5) is 0 Å². The second-order valence-electron chi connectivity index (χ2n) is 5.66. The molecule has 3 N–H and O–H groups in total. The average Bonchev–Trinajstić information content (AvgIpc) is 2.38. The molecule has 1 unspecified atom stereocenters. The van der Waals surface area contributed by atoms with Crippen LogP contribution in [0.2, 0.25) is 0 Å². The molecule has 0 aliphatic carbocycles. The van der Waals surface area contributed by atoms with Crippen molar-refractivity contribution in [2.24, 2.45) is 11.7 Å². The molecule has 0 radical (unpaired) electrons. The largest absolute Gasteiger partial charge is 0.496 e. The first-order valence-corrected chi connectivity index (χ1v) is 7.11. The fourth-order valence-corrected chi connectivity index (χ4v) is 2.22. The van der Waals surface area contributed by atoms with Crippen molar-refractivity contribution in [3.8, 4) is 5.75 Å². The SMILES string of the molecule is COc1ccccc1CC(C)NC(=O)[C@@H](N)CC(C)C. The minimum Gasteiger partial charge on any atom is -0.496 e. The Balaban J connectivity index is 2.55. The molecule has 1 rings (SSSR count). The van der Waals surface area contributed by atoms with Gasteiger partial charge in [-0.05, 0) is 37.3 Å². The van der Waals surface area contributed by atoms with Crippen molar-refractivity contribution < 1.29 is 9.53 Å². The molecule has 0 heterocycles. The van der Waals surface area contributed by atoms with E-state index in [1.807, 2.05) is 31.2 Å². The molecule has 1 amide bonds. The molecule has 0 aromatic heterocycles. The summed E-state index contributed by atoms with van der Waals surface area (Å²) in [6.07, 6.45) is 1.43. The Kier molecular flexibility index (Phi) is 6.52. The lowest BCUT2D eigenvalue weighted by Gasteiger charge is -2.19. The lowest BCUT2D eigenvalue weighted by atomic mass is 10.0. The van der Waals surface area contributed by atoms with E-state index in [4.69, 9.17) is 10.5 Å². The third-order valence-corrected chi connectivity index (χ3v) is 3.17. The number of hydrogen-bond acceptors (Lipinski definition) is 3. The molecule has 0 saturated carbocycles. The molecule has 1 aromatic rings. The summed E-state index contributed by atoms with van der Waals surface area (Å²) in [6.45, 7) is 6.10. The van der Waals surface area contributed by atoms with Gasteiger partial charge in [0, 0.05) is 6.04 Å². The number of benzene rings is 1. The minimum absolute atomic E-state index is 0.0250. The predicted octanol–water partition coefficient (Wildman–Crippen LogP) is 2.12. The van der Waals surface area contributed by atoms with Crippen LogP contribution < -0.4 is 15.8 Å². The number of nitrogens with one attached hydrogen (secondary N) is 1. The molecule has 0 aliphatic rings. The van der Waals surface area contributed by atoms with Gasteiger partial charge in [-0.1, -0.05) is 32.0 Å². The molecule has 0 fully saturated rings. The molecule has 1 aromatic carbocycles. The number of rotatable bonds is 7. The van der Waals surface area contributed by atoms with Gasteiger partial charge >= 0.3 is 0 Å². The van der Waals surface area contributed by atoms with Crippen LogP contribution in [0.25, 0.3) is 0 Å². The summed E-state index contributed by atoms with van der Waals surface area (Å²) in [5.74, 6) is 1.18. The van der Waals surface area contributed by atoms with Gasteiger partial charge < -0.3 is 15.8 Å². The number of nitrogens with two attached hydrogens (primary N) is 1. The number of carbonyl (C=O) groups is 1. The fourth-order valence-electron chi connectivity index (χ4n) is 2.22. The zero-order valence-electron chi connectivity index (χ0n) is 12.8. The van der Waals surface area contributed by atoms with Crippen LogP contribution in [-0.2, 0) is 11.2 Å². The van der Waals surface area contributed by atoms with Gasteiger partial charge in [0.25, 0.3) is 0 Å². The highest BCUT2D eigenvalue weighted by molar-refractivity contribution is 5.81. The van der Waals surface area contributed by atoms with E-state index in [0.717, 1.165) is 17.7 Å². The first-order valence-electron chi connectivity index (χ1n) is 7.11. The Hall–Kier alpha value is -1.55. The number of hydrogen-bond donors (Lipinski definition) is 2. The van der Waals surface area contributed by atoms with Crippen LogP contribution in [0.1, 0.15) is 32.8 Å². The highest BCUT2D eigenvalue weighted by Crippen LogP contribution is 2.18. The Morgan fingerprint density at radius 3 is 2.55 bits per heavy atom. The molecule has 20 heavy (non-hydrogen) atoms. The monoisotopic (exact) mass is 278 g/mol. The van der Waals surface area contributed by atoms with Crippen molar-refractivity contribution >= 4 is 5.91 Å². The van der Waals surface area contributed by atoms with Gasteiger partial charge in [-0.3, -0.25) is 4.79 Å². The van der Waals surface area contributed by atoms with E-state index in [-0.39, 0.29) is 11.9 Å². The Bertz CT molecular complexity index is 432. The fraction of sp³-hybridized carbons (Fsp3) is 0.562. The van der Waals surface area contributed by atoms with E-state index in [9.17, 15) is 4.79 Å². The topological polar surface area (TPSA) is 64.3 Å². The van der Waals surface area contributed by atoms with E-state index < -0.39 is 6.04 Å². The van der Waals surface area contributed by atoms with Crippen LogP contribution >= 0.6 is 0 Å². The number of para-hydroxylation sites is 1.